The highest BCUT2D eigenvalue weighted by molar-refractivity contribution is 4.82. The van der Waals surface area contributed by atoms with Crippen molar-refractivity contribution in [1.29, 1.82) is 0 Å². The summed E-state index contributed by atoms with van der Waals surface area (Å²) in [5.41, 5.74) is 0. The van der Waals surface area contributed by atoms with E-state index in [0.717, 1.165) is 18.9 Å². The topological polar surface area (TPSA) is 23.5 Å². The highest BCUT2D eigenvalue weighted by Gasteiger charge is 2.28. The Bertz CT molecular complexity index is 143. The maximum Gasteiger partial charge on any atom is 0.0670 e. The Kier molecular flexibility index (Phi) is 2.37. The van der Waals surface area contributed by atoms with Crippen molar-refractivity contribution in [2.45, 2.75) is 32.3 Å². The first-order valence-electron chi connectivity index (χ1n) is 5.14. The summed E-state index contributed by atoms with van der Waals surface area (Å²) in [4.78, 5) is 2.44. The first kappa shape index (κ1) is 8.52. The number of aliphatic hydroxyl groups excluding tert-OH is 1. The Morgan fingerprint density at radius 3 is 2.67 bits per heavy atom. The summed E-state index contributed by atoms with van der Waals surface area (Å²) in [6.45, 7) is 5.60. The van der Waals surface area contributed by atoms with E-state index in [0.29, 0.717) is 5.92 Å². The van der Waals surface area contributed by atoms with Gasteiger partial charge in [0.2, 0.25) is 0 Å². The van der Waals surface area contributed by atoms with E-state index in [2.05, 4.69) is 11.8 Å². The minimum Gasteiger partial charge on any atom is -0.392 e. The number of hydrogen-bond acceptors (Lipinski definition) is 2. The predicted octanol–water partition coefficient (Wildman–Crippen LogP) is 1.10. The molecule has 0 aromatic rings. The number of aliphatic hydroxyl groups is 1. The molecule has 0 aromatic carbocycles. The molecule has 0 radical (unpaired) electrons. The lowest BCUT2D eigenvalue weighted by molar-refractivity contribution is 0.0426. The van der Waals surface area contributed by atoms with Gasteiger partial charge >= 0.3 is 0 Å². The van der Waals surface area contributed by atoms with Crippen molar-refractivity contribution >= 4 is 0 Å². The third kappa shape index (κ3) is 2.20. The molecular weight excluding hydrogens is 150 g/mol. The molecule has 0 spiro atoms. The van der Waals surface area contributed by atoms with Gasteiger partial charge < -0.3 is 10.0 Å². The molecular formula is C10H19NO. The third-order valence-corrected chi connectivity index (χ3v) is 2.93. The molecule has 2 unspecified atom stereocenters. The van der Waals surface area contributed by atoms with Gasteiger partial charge in [-0.25, -0.2) is 0 Å². The zero-order valence-electron chi connectivity index (χ0n) is 7.87. The predicted molar refractivity (Wildman–Crippen MR) is 49.0 cm³/mol. The molecule has 1 aliphatic carbocycles. The second kappa shape index (κ2) is 3.35. The van der Waals surface area contributed by atoms with Gasteiger partial charge in [-0.05, 0) is 31.1 Å². The van der Waals surface area contributed by atoms with Gasteiger partial charge in [0.15, 0.2) is 0 Å². The van der Waals surface area contributed by atoms with Crippen LogP contribution in [0.1, 0.15) is 26.2 Å². The van der Waals surface area contributed by atoms with E-state index in [1.165, 1.54) is 25.9 Å². The fraction of sp³-hybridized carbons (Fsp3) is 1.00. The van der Waals surface area contributed by atoms with E-state index in [1.807, 2.05) is 0 Å². The molecule has 2 rings (SSSR count). The van der Waals surface area contributed by atoms with Crippen molar-refractivity contribution in [1.82, 2.24) is 4.90 Å². The molecule has 2 heteroatoms. The monoisotopic (exact) mass is 169 g/mol. The molecule has 1 saturated carbocycles. The first-order chi connectivity index (χ1) is 5.74. The van der Waals surface area contributed by atoms with Crippen LogP contribution >= 0.6 is 0 Å². The van der Waals surface area contributed by atoms with Gasteiger partial charge in [0, 0.05) is 19.6 Å². The van der Waals surface area contributed by atoms with E-state index in [1.54, 1.807) is 0 Å². The number of piperidine rings is 1. The van der Waals surface area contributed by atoms with Crippen LogP contribution in [-0.2, 0) is 0 Å². The van der Waals surface area contributed by atoms with Crippen molar-refractivity contribution in [2.24, 2.45) is 11.8 Å². The zero-order chi connectivity index (χ0) is 8.55. The maximum atomic E-state index is 9.54. The minimum absolute atomic E-state index is 0.0625. The fourth-order valence-corrected chi connectivity index (χ4v) is 2.24. The van der Waals surface area contributed by atoms with E-state index in [-0.39, 0.29) is 6.10 Å². The molecule has 1 N–H and O–H groups in total. The summed E-state index contributed by atoms with van der Waals surface area (Å²) in [7, 11) is 0. The van der Waals surface area contributed by atoms with Crippen LogP contribution in [0.3, 0.4) is 0 Å². The summed E-state index contributed by atoms with van der Waals surface area (Å²) in [6, 6.07) is 0. The average molecular weight is 169 g/mol. The molecule has 1 aliphatic heterocycles. The van der Waals surface area contributed by atoms with Crippen LogP contribution in [0.25, 0.3) is 0 Å². The number of β-amino-alcohol motifs (C(OH)–C–C–N with tert-alkyl or cyclic N) is 1. The average Bonchev–Trinajstić information content (AvgIpc) is 2.68. The molecule has 2 fully saturated rings. The van der Waals surface area contributed by atoms with Gasteiger partial charge in [-0.2, -0.15) is 0 Å². The van der Waals surface area contributed by atoms with Crippen molar-refractivity contribution in [3.05, 3.63) is 0 Å². The lowest BCUT2D eigenvalue weighted by Crippen LogP contribution is -2.43. The second-order valence-electron chi connectivity index (χ2n) is 4.66. The van der Waals surface area contributed by atoms with Crippen LogP contribution in [0.15, 0.2) is 0 Å². The maximum absolute atomic E-state index is 9.54. The quantitative estimate of drug-likeness (QED) is 0.669. The van der Waals surface area contributed by atoms with Gasteiger partial charge in [0.25, 0.3) is 0 Å². The minimum atomic E-state index is -0.0625. The normalized spacial score (nSPS) is 38.5. The van der Waals surface area contributed by atoms with E-state index < -0.39 is 0 Å². The largest absolute Gasteiger partial charge is 0.392 e. The zero-order valence-corrected chi connectivity index (χ0v) is 7.87. The van der Waals surface area contributed by atoms with Gasteiger partial charge in [0.05, 0.1) is 6.10 Å². The summed E-state index contributed by atoms with van der Waals surface area (Å²) < 4.78 is 0. The van der Waals surface area contributed by atoms with Crippen molar-refractivity contribution < 1.29 is 5.11 Å². The number of hydrogen-bond donors (Lipinski definition) is 1. The number of nitrogens with zero attached hydrogens (tertiary/aromatic N) is 1. The van der Waals surface area contributed by atoms with Gasteiger partial charge in [0.1, 0.15) is 0 Å². The Morgan fingerprint density at radius 2 is 2.08 bits per heavy atom. The molecule has 70 valence electrons. The Balaban J connectivity index is 1.79. The van der Waals surface area contributed by atoms with Crippen LogP contribution in [0.4, 0.5) is 0 Å². The highest BCUT2D eigenvalue weighted by atomic mass is 16.3. The Labute approximate surface area is 74.6 Å². The van der Waals surface area contributed by atoms with Gasteiger partial charge in [-0.3, -0.25) is 0 Å². The van der Waals surface area contributed by atoms with Crippen LogP contribution in [0.2, 0.25) is 0 Å². The van der Waals surface area contributed by atoms with Crippen LogP contribution < -0.4 is 0 Å². The van der Waals surface area contributed by atoms with E-state index >= 15 is 0 Å². The second-order valence-corrected chi connectivity index (χ2v) is 4.66. The van der Waals surface area contributed by atoms with Gasteiger partial charge in [-0.15, -0.1) is 0 Å². The smallest absolute Gasteiger partial charge is 0.0670 e. The molecule has 2 nitrogen and oxygen atoms in total. The van der Waals surface area contributed by atoms with Crippen molar-refractivity contribution in [3.8, 4) is 0 Å². The van der Waals surface area contributed by atoms with Gasteiger partial charge in [-0.1, -0.05) is 6.92 Å². The number of likely N-dealkylation sites (tertiary alicyclic amines) is 1. The molecule has 1 saturated heterocycles. The summed E-state index contributed by atoms with van der Waals surface area (Å²) in [5.74, 6) is 1.65. The van der Waals surface area contributed by atoms with Crippen LogP contribution in [-0.4, -0.2) is 35.7 Å². The highest BCUT2D eigenvalue weighted by Crippen LogP contribution is 2.31. The summed E-state index contributed by atoms with van der Waals surface area (Å²) in [6.07, 6.45) is 3.77. The lowest BCUT2D eigenvalue weighted by atomic mass is 9.98. The molecule has 2 atom stereocenters. The summed E-state index contributed by atoms with van der Waals surface area (Å²) in [5, 5.41) is 9.54. The Hall–Kier alpha value is -0.0800. The molecule has 1 heterocycles. The van der Waals surface area contributed by atoms with Crippen molar-refractivity contribution in [3.63, 3.8) is 0 Å². The first-order valence-corrected chi connectivity index (χ1v) is 5.14. The molecule has 0 aromatic heterocycles. The van der Waals surface area contributed by atoms with Crippen molar-refractivity contribution in [2.75, 3.05) is 19.6 Å². The molecule has 0 bridgehead atoms. The summed E-state index contributed by atoms with van der Waals surface area (Å²) >= 11 is 0. The molecule has 12 heavy (non-hydrogen) atoms. The fourth-order valence-electron chi connectivity index (χ4n) is 2.24. The van der Waals surface area contributed by atoms with E-state index in [4.69, 9.17) is 0 Å². The lowest BCUT2D eigenvalue weighted by Gasteiger charge is -2.34. The molecule has 0 amide bonds. The van der Waals surface area contributed by atoms with Crippen LogP contribution in [0, 0.1) is 11.8 Å². The molecule has 2 aliphatic rings. The standard InChI is InChI=1S/C10H19NO/c1-8-4-10(12)7-11(5-8)6-9-2-3-9/h8-10,12H,2-7H2,1H3. The third-order valence-electron chi connectivity index (χ3n) is 2.93. The van der Waals surface area contributed by atoms with Crippen LogP contribution in [0.5, 0.6) is 0 Å². The SMILES string of the molecule is CC1CC(O)CN(CC2CC2)C1. The Morgan fingerprint density at radius 1 is 1.33 bits per heavy atom. The number of rotatable bonds is 2. The van der Waals surface area contributed by atoms with E-state index in [9.17, 15) is 5.11 Å².